The molecule has 2 amide bonds. The normalized spacial score (nSPS) is 20.8. The van der Waals surface area contributed by atoms with Crippen LogP contribution in [0.2, 0.25) is 0 Å². The maximum Gasteiger partial charge on any atom is 0.339 e. The Balaban J connectivity index is 1.29. The molecule has 1 saturated heterocycles. The van der Waals surface area contributed by atoms with E-state index >= 15 is 0 Å². The third-order valence-electron chi connectivity index (χ3n) is 7.02. The number of hydrogen-bond donors (Lipinski definition) is 0. The van der Waals surface area contributed by atoms with Crippen molar-refractivity contribution in [1.29, 1.82) is 0 Å². The van der Waals surface area contributed by atoms with Crippen molar-refractivity contribution < 1.29 is 28.6 Å². The molecule has 3 aromatic rings. The van der Waals surface area contributed by atoms with E-state index in [-0.39, 0.29) is 18.4 Å². The zero-order valence-electron chi connectivity index (χ0n) is 20.2. The average Bonchev–Trinajstić information content (AvgIpc) is 2.96. The summed E-state index contributed by atoms with van der Waals surface area (Å²) < 4.78 is 17.1. The van der Waals surface area contributed by atoms with Gasteiger partial charge in [0.25, 0.3) is 11.8 Å². The van der Waals surface area contributed by atoms with Crippen LogP contribution >= 0.6 is 0 Å². The topological polar surface area (TPSA) is 85.4 Å². The first-order chi connectivity index (χ1) is 18.1. The van der Waals surface area contributed by atoms with Crippen molar-refractivity contribution in [2.75, 3.05) is 37.7 Å². The molecule has 3 aliphatic rings. The van der Waals surface area contributed by atoms with Crippen LogP contribution in [0.4, 0.5) is 5.69 Å². The van der Waals surface area contributed by atoms with Gasteiger partial charge in [0.1, 0.15) is 11.9 Å². The molecule has 8 nitrogen and oxygen atoms in total. The molecule has 0 aromatic heterocycles. The van der Waals surface area contributed by atoms with Gasteiger partial charge >= 0.3 is 5.97 Å². The van der Waals surface area contributed by atoms with Crippen molar-refractivity contribution in [2.45, 2.75) is 18.6 Å². The second-order valence-corrected chi connectivity index (χ2v) is 9.31. The molecule has 0 spiro atoms. The van der Waals surface area contributed by atoms with Crippen LogP contribution in [0.15, 0.2) is 72.8 Å². The molecule has 3 heterocycles. The largest absolute Gasteiger partial charge is 0.476 e. The maximum absolute atomic E-state index is 13.8. The molecule has 6 rings (SSSR count). The highest BCUT2D eigenvalue weighted by Gasteiger charge is 2.37. The molecule has 188 valence electrons. The number of hydrogen-bond acceptors (Lipinski definition) is 6. The Morgan fingerprint density at radius 3 is 2.43 bits per heavy atom. The first kappa shape index (κ1) is 23.2. The van der Waals surface area contributed by atoms with E-state index in [0.717, 1.165) is 11.1 Å². The average molecular weight is 499 g/mol. The second-order valence-electron chi connectivity index (χ2n) is 9.31. The van der Waals surface area contributed by atoms with Crippen LogP contribution in [0.5, 0.6) is 5.75 Å². The van der Waals surface area contributed by atoms with E-state index in [9.17, 15) is 14.4 Å². The van der Waals surface area contributed by atoms with E-state index in [1.165, 1.54) is 0 Å². The zero-order chi connectivity index (χ0) is 25.4. The Hall–Kier alpha value is -4.17. The Labute approximate surface area is 214 Å². The van der Waals surface area contributed by atoms with E-state index in [0.29, 0.717) is 55.3 Å². The lowest BCUT2D eigenvalue weighted by Gasteiger charge is -2.37. The summed E-state index contributed by atoms with van der Waals surface area (Å²) in [6.45, 7) is 2.06. The molecule has 1 fully saturated rings. The van der Waals surface area contributed by atoms with Gasteiger partial charge in [-0.2, -0.15) is 0 Å². The summed E-state index contributed by atoms with van der Waals surface area (Å²) >= 11 is 0. The fourth-order valence-corrected chi connectivity index (χ4v) is 5.08. The molecule has 0 radical (unpaired) electrons. The third-order valence-corrected chi connectivity index (χ3v) is 7.02. The predicted octanol–water partition coefficient (Wildman–Crippen LogP) is 3.41. The number of morpholine rings is 1. The first-order valence-corrected chi connectivity index (χ1v) is 12.4. The van der Waals surface area contributed by atoms with Crippen molar-refractivity contribution in [3.05, 3.63) is 95.1 Å². The molecule has 3 aromatic carbocycles. The van der Waals surface area contributed by atoms with Gasteiger partial charge in [-0.05, 0) is 41.5 Å². The minimum Gasteiger partial charge on any atom is -0.476 e. The minimum atomic E-state index is -0.813. The summed E-state index contributed by atoms with van der Waals surface area (Å²) in [6.07, 6.45) is -0.748. The van der Waals surface area contributed by atoms with Gasteiger partial charge in [0.05, 0.1) is 31.0 Å². The van der Waals surface area contributed by atoms with Crippen LogP contribution in [0, 0.1) is 0 Å². The Kier molecular flexibility index (Phi) is 6.10. The van der Waals surface area contributed by atoms with Crippen molar-refractivity contribution in [2.24, 2.45) is 0 Å². The van der Waals surface area contributed by atoms with Gasteiger partial charge in [0.2, 0.25) is 0 Å². The highest BCUT2D eigenvalue weighted by molar-refractivity contribution is 6.08. The summed E-state index contributed by atoms with van der Waals surface area (Å²) in [5.41, 5.74) is 3.18. The predicted molar refractivity (Wildman–Crippen MR) is 135 cm³/mol. The van der Waals surface area contributed by atoms with Crippen LogP contribution in [-0.2, 0) is 20.7 Å². The molecule has 3 aliphatic heterocycles. The highest BCUT2D eigenvalue weighted by atomic mass is 16.5. The lowest BCUT2D eigenvalue weighted by molar-refractivity contribution is -0.142. The van der Waals surface area contributed by atoms with E-state index < -0.39 is 18.2 Å². The number of cyclic esters (lactones) is 1. The van der Waals surface area contributed by atoms with E-state index in [4.69, 9.17) is 14.2 Å². The smallest absolute Gasteiger partial charge is 0.339 e. The standard InChI is InChI=1S/C29H26N2O6/c32-27(20-10-11-22-21(16-20)17-25(37-29(22)34)19-6-2-1-3-7-19)31-18-26(28(33)30-12-14-35-15-13-30)36-24-9-5-4-8-23(24)31/h1-11,16,25-26H,12-15,17-18H2/t25-,26-/m1/s1. The molecule has 0 saturated carbocycles. The van der Waals surface area contributed by atoms with E-state index in [1.807, 2.05) is 48.5 Å². The van der Waals surface area contributed by atoms with Crippen molar-refractivity contribution in [3.63, 3.8) is 0 Å². The van der Waals surface area contributed by atoms with Crippen LogP contribution in [0.3, 0.4) is 0 Å². The summed E-state index contributed by atoms with van der Waals surface area (Å²) in [6, 6.07) is 21.9. The van der Waals surface area contributed by atoms with Gasteiger partial charge in [-0.25, -0.2) is 4.79 Å². The quantitative estimate of drug-likeness (QED) is 0.515. The second kappa shape index (κ2) is 9.71. The fourth-order valence-electron chi connectivity index (χ4n) is 5.08. The molecule has 2 atom stereocenters. The number of fused-ring (bicyclic) bond motifs is 2. The number of benzene rings is 3. The molecule has 0 bridgehead atoms. The lowest BCUT2D eigenvalue weighted by atomic mass is 9.93. The first-order valence-electron chi connectivity index (χ1n) is 12.4. The van der Waals surface area contributed by atoms with E-state index in [1.54, 1.807) is 34.1 Å². The van der Waals surface area contributed by atoms with Crippen LogP contribution in [0.25, 0.3) is 0 Å². The van der Waals surface area contributed by atoms with Gasteiger partial charge in [0, 0.05) is 25.1 Å². The monoisotopic (exact) mass is 498 g/mol. The number of anilines is 1. The zero-order valence-corrected chi connectivity index (χ0v) is 20.2. The van der Waals surface area contributed by atoms with Gasteiger partial charge in [-0.3, -0.25) is 9.59 Å². The molecule has 37 heavy (non-hydrogen) atoms. The number of carbonyl (C=O) groups excluding carboxylic acids is 3. The van der Waals surface area contributed by atoms with E-state index in [2.05, 4.69) is 0 Å². The molecule has 8 heteroatoms. The molecular formula is C29H26N2O6. The Morgan fingerprint density at radius 1 is 0.865 bits per heavy atom. The van der Waals surface area contributed by atoms with Crippen LogP contribution < -0.4 is 9.64 Å². The Morgan fingerprint density at radius 2 is 1.62 bits per heavy atom. The molecular weight excluding hydrogens is 472 g/mol. The fraction of sp³-hybridized carbons (Fsp3) is 0.276. The van der Waals surface area contributed by atoms with Gasteiger partial charge < -0.3 is 24.0 Å². The highest BCUT2D eigenvalue weighted by Crippen LogP contribution is 2.36. The SMILES string of the molecule is O=C1O[C@@H](c2ccccc2)Cc2cc(C(=O)N3C[C@H](C(=O)N4CCOCC4)Oc4ccccc43)ccc21. The van der Waals surface area contributed by atoms with Gasteiger partial charge in [0.15, 0.2) is 6.10 Å². The maximum atomic E-state index is 13.8. The summed E-state index contributed by atoms with van der Waals surface area (Å²) in [4.78, 5) is 43.1. The molecule has 0 N–H and O–H groups in total. The number of nitrogens with zero attached hydrogens (tertiary/aromatic N) is 2. The van der Waals surface area contributed by atoms with Crippen molar-refractivity contribution in [1.82, 2.24) is 4.90 Å². The van der Waals surface area contributed by atoms with Gasteiger partial charge in [-0.15, -0.1) is 0 Å². The number of esters is 1. The van der Waals surface area contributed by atoms with Crippen LogP contribution in [0.1, 0.15) is 37.9 Å². The Bertz CT molecular complexity index is 1350. The van der Waals surface area contributed by atoms with Crippen molar-refractivity contribution >= 4 is 23.5 Å². The number of para-hydroxylation sites is 2. The summed E-state index contributed by atoms with van der Waals surface area (Å²) in [5.74, 6) is -0.329. The minimum absolute atomic E-state index is 0.0950. The number of ether oxygens (including phenoxy) is 3. The molecule has 0 unspecified atom stereocenters. The number of carbonyl (C=O) groups is 3. The number of amides is 2. The summed E-state index contributed by atoms with van der Waals surface area (Å²) in [5, 5.41) is 0. The lowest BCUT2D eigenvalue weighted by Crippen LogP contribution is -2.54. The molecule has 0 aliphatic carbocycles. The number of rotatable bonds is 3. The third kappa shape index (κ3) is 4.44. The van der Waals surface area contributed by atoms with Crippen LogP contribution in [-0.4, -0.2) is 61.6 Å². The summed E-state index contributed by atoms with van der Waals surface area (Å²) in [7, 11) is 0. The van der Waals surface area contributed by atoms with Gasteiger partial charge in [-0.1, -0.05) is 42.5 Å². The van der Waals surface area contributed by atoms with Crippen molar-refractivity contribution in [3.8, 4) is 5.75 Å².